The molecule has 0 aromatic heterocycles. The zero-order valence-corrected chi connectivity index (χ0v) is 17.5. The van der Waals surface area contributed by atoms with E-state index in [9.17, 15) is 14.4 Å². The second-order valence-corrected chi connectivity index (χ2v) is 7.75. The lowest BCUT2D eigenvalue weighted by Crippen LogP contribution is -2.50. The first-order valence-electron chi connectivity index (χ1n) is 10.4. The fourth-order valence-corrected chi connectivity index (χ4v) is 3.98. The van der Waals surface area contributed by atoms with E-state index in [2.05, 4.69) is 5.32 Å². The molecule has 6 nitrogen and oxygen atoms in total. The summed E-state index contributed by atoms with van der Waals surface area (Å²) in [4.78, 5) is 41.2. The van der Waals surface area contributed by atoms with Crippen LogP contribution in [-0.4, -0.2) is 60.1 Å². The summed E-state index contributed by atoms with van der Waals surface area (Å²) in [5.74, 6) is -0.227. The topological polar surface area (TPSA) is 69.7 Å². The van der Waals surface area contributed by atoms with Crippen molar-refractivity contribution in [3.8, 4) is 0 Å². The Morgan fingerprint density at radius 2 is 1.45 bits per heavy atom. The summed E-state index contributed by atoms with van der Waals surface area (Å²) in [6.45, 7) is 4.09. The minimum absolute atomic E-state index is 0.0243. The molecule has 0 aliphatic carbocycles. The van der Waals surface area contributed by atoms with Crippen molar-refractivity contribution in [2.75, 3.05) is 38.0 Å². The number of para-hydroxylation sites is 1. The Hall–Kier alpha value is -3.51. The highest BCUT2D eigenvalue weighted by atomic mass is 16.2. The average molecular weight is 415 g/mol. The third kappa shape index (κ3) is 4.64. The third-order valence-corrected chi connectivity index (χ3v) is 5.63. The smallest absolute Gasteiger partial charge is 0.254 e. The molecule has 0 unspecified atom stereocenters. The van der Waals surface area contributed by atoms with Gasteiger partial charge in [0.05, 0.1) is 12.2 Å². The number of carbonyl (C=O) groups is 3. The lowest BCUT2D eigenvalue weighted by Gasteiger charge is -2.34. The van der Waals surface area contributed by atoms with E-state index in [1.165, 1.54) is 6.92 Å². The second-order valence-electron chi connectivity index (χ2n) is 7.75. The summed E-state index contributed by atoms with van der Waals surface area (Å²) in [6, 6.07) is 20.7. The zero-order chi connectivity index (χ0) is 21.8. The molecular weight excluding hydrogens is 390 g/mol. The number of nitrogens with zero attached hydrogens (tertiary/aromatic N) is 2. The standard InChI is InChI=1S/C25H25N3O3/c1-18(29)20-9-4-5-12-23(20)26-24(30)17-27-13-15-28(16-14-27)25(31)22-11-6-8-19-7-2-3-10-21(19)22/h2-12H,13-17H2,1H3,(H,26,30). The molecule has 1 fully saturated rings. The Morgan fingerprint density at radius 1 is 0.806 bits per heavy atom. The van der Waals surface area contributed by atoms with E-state index in [1.54, 1.807) is 24.3 Å². The van der Waals surface area contributed by atoms with Gasteiger partial charge < -0.3 is 10.2 Å². The fraction of sp³-hybridized carbons (Fsp3) is 0.240. The number of hydrogen-bond donors (Lipinski definition) is 1. The normalized spacial score (nSPS) is 14.4. The Balaban J connectivity index is 1.35. The van der Waals surface area contributed by atoms with Crippen molar-refractivity contribution in [3.05, 3.63) is 77.9 Å². The zero-order valence-electron chi connectivity index (χ0n) is 17.5. The van der Waals surface area contributed by atoms with E-state index >= 15 is 0 Å². The van der Waals surface area contributed by atoms with Gasteiger partial charge in [0.2, 0.25) is 5.91 Å². The summed E-state index contributed by atoms with van der Waals surface area (Å²) in [5.41, 5.74) is 1.75. The SMILES string of the molecule is CC(=O)c1ccccc1NC(=O)CN1CCN(C(=O)c2cccc3ccccc23)CC1. The summed E-state index contributed by atoms with van der Waals surface area (Å²) < 4.78 is 0. The van der Waals surface area contributed by atoms with Crippen LogP contribution in [0.15, 0.2) is 66.7 Å². The number of ketones is 1. The second kappa shape index (κ2) is 9.10. The number of rotatable bonds is 5. The van der Waals surface area contributed by atoms with Gasteiger partial charge in [0.1, 0.15) is 0 Å². The van der Waals surface area contributed by atoms with E-state index in [4.69, 9.17) is 0 Å². The Kier molecular flexibility index (Phi) is 6.09. The molecule has 1 saturated heterocycles. The van der Waals surface area contributed by atoms with Gasteiger partial charge in [-0.2, -0.15) is 0 Å². The van der Waals surface area contributed by atoms with Crippen molar-refractivity contribution in [3.63, 3.8) is 0 Å². The van der Waals surface area contributed by atoms with Gasteiger partial charge in [0.15, 0.2) is 5.78 Å². The molecule has 0 spiro atoms. The third-order valence-electron chi connectivity index (χ3n) is 5.63. The first kappa shape index (κ1) is 20.8. The molecule has 3 aromatic carbocycles. The quantitative estimate of drug-likeness (QED) is 0.648. The summed E-state index contributed by atoms with van der Waals surface area (Å²) in [7, 11) is 0. The van der Waals surface area contributed by atoms with Gasteiger partial charge in [-0.25, -0.2) is 0 Å². The molecule has 4 rings (SSSR count). The van der Waals surface area contributed by atoms with Crippen LogP contribution in [-0.2, 0) is 4.79 Å². The van der Waals surface area contributed by atoms with Crippen LogP contribution < -0.4 is 5.32 Å². The van der Waals surface area contributed by atoms with Crippen molar-refractivity contribution in [1.29, 1.82) is 0 Å². The van der Waals surface area contributed by atoms with Crippen LogP contribution in [0.3, 0.4) is 0 Å². The van der Waals surface area contributed by atoms with E-state index in [0.29, 0.717) is 43.0 Å². The minimum atomic E-state index is -0.164. The first-order valence-corrected chi connectivity index (χ1v) is 10.4. The van der Waals surface area contributed by atoms with Crippen LogP contribution in [0.1, 0.15) is 27.6 Å². The van der Waals surface area contributed by atoms with Gasteiger partial charge in [0, 0.05) is 37.3 Å². The van der Waals surface area contributed by atoms with Gasteiger partial charge >= 0.3 is 0 Å². The number of piperazine rings is 1. The molecule has 1 aliphatic heterocycles. The predicted octanol–water partition coefficient (Wildman–Crippen LogP) is 3.44. The monoisotopic (exact) mass is 415 g/mol. The molecule has 31 heavy (non-hydrogen) atoms. The van der Waals surface area contributed by atoms with Crippen molar-refractivity contribution in [2.45, 2.75) is 6.92 Å². The Bertz CT molecular complexity index is 1130. The molecular formula is C25H25N3O3. The van der Waals surface area contributed by atoms with E-state index in [0.717, 1.165) is 10.8 Å². The molecule has 158 valence electrons. The molecule has 0 saturated carbocycles. The lowest BCUT2D eigenvalue weighted by atomic mass is 10.0. The first-order chi connectivity index (χ1) is 15.0. The number of Topliss-reactive ketones (excluding diaryl/α,β-unsaturated/α-hetero) is 1. The van der Waals surface area contributed by atoms with Gasteiger partial charge in [-0.15, -0.1) is 0 Å². The van der Waals surface area contributed by atoms with Gasteiger partial charge in [-0.1, -0.05) is 48.5 Å². The van der Waals surface area contributed by atoms with Gasteiger partial charge in [-0.3, -0.25) is 19.3 Å². The van der Waals surface area contributed by atoms with E-state index < -0.39 is 0 Å². The summed E-state index contributed by atoms with van der Waals surface area (Å²) >= 11 is 0. The highest BCUT2D eigenvalue weighted by molar-refractivity contribution is 6.07. The van der Waals surface area contributed by atoms with Crippen LogP contribution in [0, 0.1) is 0 Å². The van der Waals surface area contributed by atoms with Crippen molar-refractivity contribution in [2.24, 2.45) is 0 Å². The minimum Gasteiger partial charge on any atom is -0.336 e. The molecule has 1 N–H and O–H groups in total. The summed E-state index contributed by atoms with van der Waals surface area (Å²) in [5, 5.41) is 4.85. The van der Waals surface area contributed by atoms with Gasteiger partial charge in [-0.05, 0) is 35.9 Å². The number of anilines is 1. The maximum absolute atomic E-state index is 13.1. The molecule has 2 amide bonds. The predicted molar refractivity (Wildman–Crippen MR) is 121 cm³/mol. The number of fused-ring (bicyclic) bond motifs is 1. The van der Waals surface area contributed by atoms with E-state index in [1.807, 2.05) is 52.3 Å². The molecule has 0 bridgehead atoms. The molecule has 0 atom stereocenters. The number of amides is 2. The molecule has 0 radical (unpaired) electrons. The number of carbonyl (C=O) groups excluding carboxylic acids is 3. The van der Waals surface area contributed by atoms with E-state index in [-0.39, 0.29) is 24.1 Å². The molecule has 3 aromatic rings. The summed E-state index contributed by atoms with van der Waals surface area (Å²) in [6.07, 6.45) is 0. The molecule has 1 heterocycles. The largest absolute Gasteiger partial charge is 0.336 e. The number of hydrogen-bond acceptors (Lipinski definition) is 4. The fourth-order valence-electron chi connectivity index (χ4n) is 3.98. The van der Waals surface area contributed by atoms with Crippen LogP contribution in [0.2, 0.25) is 0 Å². The number of benzene rings is 3. The van der Waals surface area contributed by atoms with Crippen molar-refractivity contribution < 1.29 is 14.4 Å². The lowest BCUT2D eigenvalue weighted by molar-refractivity contribution is -0.117. The molecule has 6 heteroatoms. The van der Waals surface area contributed by atoms with Crippen molar-refractivity contribution >= 4 is 34.1 Å². The van der Waals surface area contributed by atoms with Crippen LogP contribution in [0.4, 0.5) is 5.69 Å². The highest BCUT2D eigenvalue weighted by Gasteiger charge is 2.24. The van der Waals surface area contributed by atoms with Crippen molar-refractivity contribution in [1.82, 2.24) is 9.80 Å². The van der Waals surface area contributed by atoms with Crippen LogP contribution in [0.25, 0.3) is 10.8 Å². The van der Waals surface area contributed by atoms with Crippen LogP contribution >= 0.6 is 0 Å². The average Bonchev–Trinajstić information content (AvgIpc) is 2.79. The number of nitrogens with one attached hydrogen (secondary N) is 1. The highest BCUT2D eigenvalue weighted by Crippen LogP contribution is 2.21. The Labute approximate surface area is 181 Å². The van der Waals surface area contributed by atoms with Gasteiger partial charge in [0.25, 0.3) is 5.91 Å². The maximum atomic E-state index is 13.1. The van der Waals surface area contributed by atoms with Crippen LogP contribution in [0.5, 0.6) is 0 Å². The Morgan fingerprint density at radius 3 is 2.23 bits per heavy atom. The molecule has 1 aliphatic rings. The maximum Gasteiger partial charge on any atom is 0.254 e.